The van der Waals surface area contributed by atoms with Crippen LogP contribution in [0.2, 0.25) is 0 Å². The highest BCUT2D eigenvalue weighted by Gasteiger charge is 2.49. The van der Waals surface area contributed by atoms with Gasteiger partial charge in [0.25, 0.3) is 0 Å². The Bertz CT molecular complexity index is 748. The van der Waals surface area contributed by atoms with E-state index in [4.69, 9.17) is 0 Å². The van der Waals surface area contributed by atoms with Gasteiger partial charge in [0.2, 0.25) is 0 Å². The number of aromatic nitrogens is 2. The van der Waals surface area contributed by atoms with E-state index in [-0.39, 0.29) is 5.41 Å². The first kappa shape index (κ1) is 17.7. The third kappa shape index (κ3) is 3.21. The molecule has 4 rings (SSSR count). The van der Waals surface area contributed by atoms with Crippen LogP contribution in [0.4, 0.5) is 0 Å². The molecule has 1 aromatic heterocycles. The number of aliphatic hydroxyl groups is 1. The van der Waals surface area contributed by atoms with Gasteiger partial charge < -0.3 is 5.11 Å². The van der Waals surface area contributed by atoms with E-state index in [1.165, 1.54) is 12.1 Å². The summed E-state index contributed by atoms with van der Waals surface area (Å²) in [5.41, 5.74) is 2.78. The van der Waals surface area contributed by atoms with Crippen molar-refractivity contribution in [2.75, 3.05) is 13.1 Å². The van der Waals surface area contributed by atoms with Crippen molar-refractivity contribution in [2.45, 2.75) is 57.6 Å². The molecule has 2 unspecified atom stereocenters. The fourth-order valence-electron chi connectivity index (χ4n) is 4.90. The van der Waals surface area contributed by atoms with Gasteiger partial charge >= 0.3 is 0 Å². The van der Waals surface area contributed by atoms with E-state index >= 15 is 0 Å². The minimum Gasteiger partial charge on any atom is -0.385 e. The molecule has 0 amide bonds. The fraction of sp³-hybridized carbons (Fsp3) is 0.591. The lowest BCUT2D eigenvalue weighted by Gasteiger charge is -2.41. The summed E-state index contributed by atoms with van der Waals surface area (Å²) >= 11 is 0. The molecule has 4 nitrogen and oxygen atoms in total. The Morgan fingerprint density at radius 2 is 2.00 bits per heavy atom. The zero-order valence-corrected chi connectivity index (χ0v) is 16.2. The normalized spacial score (nSPS) is 29.7. The van der Waals surface area contributed by atoms with Gasteiger partial charge in [0.15, 0.2) is 0 Å². The summed E-state index contributed by atoms with van der Waals surface area (Å²) in [5.74, 6) is 0.905. The third-order valence-electron chi connectivity index (χ3n) is 6.33. The Labute approximate surface area is 156 Å². The first-order valence-electron chi connectivity index (χ1n) is 9.91. The van der Waals surface area contributed by atoms with Crippen molar-refractivity contribution in [3.8, 4) is 0 Å². The number of hydrogen-bond donors (Lipinski definition) is 2. The number of benzene rings is 1. The lowest BCUT2D eigenvalue weighted by molar-refractivity contribution is -0.0648. The highest BCUT2D eigenvalue weighted by atomic mass is 16.3. The lowest BCUT2D eigenvalue weighted by Crippen LogP contribution is -2.42. The summed E-state index contributed by atoms with van der Waals surface area (Å²) < 4.78 is 0. The first-order chi connectivity index (χ1) is 12.4. The van der Waals surface area contributed by atoms with Gasteiger partial charge in [-0.25, -0.2) is 0 Å². The molecule has 1 aliphatic heterocycles. The number of nitrogens with one attached hydrogen (secondary N) is 1. The molecule has 4 heteroatoms. The summed E-state index contributed by atoms with van der Waals surface area (Å²) in [5, 5.41) is 19.3. The van der Waals surface area contributed by atoms with E-state index in [2.05, 4.69) is 54.1 Å². The number of hydrogen-bond acceptors (Lipinski definition) is 3. The standard InChI is InChI=1S/C22H31N3O/c1-21(2,3)20-12-18(23-24-20)14-25-13-16-8-7-11-22(26,19(16)15-25)17-9-5-4-6-10-17/h4-6,9-10,12,16,19,26H,7-8,11,13-15H2,1-3H3,(H,23,24)/t16?,19?,22-/m0/s1. The molecule has 2 N–H and O–H groups in total. The summed E-state index contributed by atoms with van der Waals surface area (Å²) in [6.07, 6.45) is 3.22. The van der Waals surface area contributed by atoms with Crippen LogP contribution in [0.1, 0.15) is 57.0 Å². The molecule has 2 fully saturated rings. The molecule has 0 radical (unpaired) electrons. The van der Waals surface area contributed by atoms with Crippen molar-refractivity contribution in [3.05, 3.63) is 53.3 Å². The summed E-state index contributed by atoms with van der Waals surface area (Å²) in [6.45, 7) is 9.50. The van der Waals surface area contributed by atoms with Crippen molar-refractivity contribution in [1.29, 1.82) is 0 Å². The predicted molar refractivity (Wildman–Crippen MR) is 104 cm³/mol. The number of nitrogens with zero attached hydrogens (tertiary/aromatic N) is 2. The van der Waals surface area contributed by atoms with Crippen molar-refractivity contribution in [2.24, 2.45) is 11.8 Å². The number of H-pyrrole nitrogens is 1. The molecule has 2 aliphatic rings. The van der Waals surface area contributed by atoms with Gasteiger partial charge in [-0.05, 0) is 36.8 Å². The molecular weight excluding hydrogens is 322 g/mol. The van der Waals surface area contributed by atoms with Gasteiger partial charge in [-0.1, -0.05) is 51.1 Å². The minimum atomic E-state index is -0.677. The Hall–Kier alpha value is -1.65. The molecule has 0 spiro atoms. The summed E-state index contributed by atoms with van der Waals surface area (Å²) in [7, 11) is 0. The van der Waals surface area contributed by atoms with Crippen LogP contribution in [0.3, 0.4) is 0 Å². The van der Waals surface area contributed by atoms with Gasteiger partial charge in [0.1, 0.15) is 0 Å². The molecule has 1 aromatic carbocycles. The van der Waals surface area contributed by atoms with E-state index in [0.717, 1.165) is 43.7 Å². The van der Waals surface area contributed by atoms with Crippen molar-refractivity contribution >= 4 is 0 Å². The Morgan fingerprint density at radius 3 is 2.69 bits per heavy atom. The van der Waals surface area contributed by atoms with E-state index in [9.17, 15) is 5.11 Å². The van der Waals surface area contributed by atoms with Crippen LogP contribution in [-0.4, -0.2) is 33.3 Å². The van der Waals surface area contributed by atoms with Crippen LogP contribution in [0.25, 0.3) is 0 Å². The van der Waals surface area contributed by atoms with Gasteiger partial charge in [-0.3, -0.25) is 10.00 Å². The Balaban J connectivity index is 1.50. The topological polar surface area (TPSA) is 52.1 Å². The number of rotatable bonds is 3. The predicted octanol–water partition coefficient (Wildman–Crippen LogP) is 3.83. The SMILES string of the molecule is CC(C)(C)c1cc(CN2CC3CCC[C@](O)(c4ccccc4)C3C2)[nH]n1. The van der Waals surface area contributed by atoms with Crippen molar-refractivity contribution in [1.82, 2.24) is 15.1 Å². The van der Waals surface area contributed by atoms with E-state index in [0.29, 0.717) is 11.8 Å². The number of fused-ring (bicyclic) bond motifs is 1. The molecular formula is C22H31N3O. The average molecular weight is 354 g/mol. The smallest absolute Gasteiger partial charge is 0.0939 e. The summed E-state index contributed by atoms with van der Waals surface area (Å²) in [6, 6.07) is 12.5. The number of likely N-dealkylation sites (tertiary alicyclic amines) is 1. The second-order valence-corrected chi connectivity index (χ2v) is 9.27. The van der Waals surface area contributed by atoms with Crippen molar-refractivity contribution in [3.63, 3.8) is 0 Å². The highest BCUT2D eigenvalue weighted by molar-refractivity contribution is 5.25. The van der Waals surface area contributed by atoms with Crippen LogP contribution < -0.4 is 0 Å². The van der Waals surface area contributed by atoms with Crippen molar-refractivity contribution < 1.29 is 5.11 Å². The molecule has 3 atom stereocenters. The number of aromatic amines is 1. The molecule has 1 saturated carbocycles. The second kappa shape index (κ2) is 6.50. The molecule has 140 valence electrons. The van der Waals surface area contributed by atoms with Crippen LogP contribution in [0.15, 0.2) is 36.4 Å². The fourth-order valence-corrected chi connectivity index (χ4v) is 4.90. The zero-order valence-electron chi connectivity index (χ0n) is 16.2. The molecule has 1 aliphatic carbocycles. The largest absolute Gasteiger partial charge is 0.385 e. The zero-order chi connectivity index (χ0) is 18.4. The molecule has 0 bridgehead atoms. The van der Waals surface area contributed by atoms with Gasteiger partial charge in [-0.2, -0.15) is 5.10 Å². The van der Waals surface area contributed by atoms with Crippen LogP contribution in [0.5, 0.6) is 0 Å². The third-order valence-corrected chi connectivity index (χ3v) is 6.33. The molecule has 2 heterocycles. The highest BCUT2D eigenvalue weighted by Crippen LogP contribution is 2.48. The molecule has 26 heavy (non-hydrogen) atoms. The van der Waals surface area contributed by atoms with Gasteiger partial charge in [0, 0.05) is 36.7 Å². The van der Waals surface area contributed by atoms with E-state index in [1.54, 1.807) is 0 Å². The van der Waals surface area contributed by atoms with E-state index < -0.39 is 5.60 Å². The minimum absolute atomic E-state index is 0.0707. The average Bonchev–Trinajstić information content (AvgIpc) is 3.23. The first-order valence-corrected chi connectivity index (χ1v) is 9.91. The van der Waals surface area contributed by atoms with E-state index in [1.807, 2.05) is 18.2 Å². The maximum atomic E-state index is 11.6. The van der Waals surface area contributed by atoms with Crippen LogP contribution >= 0.6 is 0 Å². The molecule has 2 aromatic rings. The Kier molecular flexibility index (Phi) is 4.44. The maximum Gasteiger partial charge on any atom is 0.0939 e. The maximum absolute atomic E-state index is 11.6. The van der Waals surface area contributed by atoms with Gasteiger partial charge in [-0.15, -0.1) is 0 Å². The quantitative estimate of drug-likeness (QED) is 0.882. The molecule has 1 saturated heterocycles. The monoisotopic (exact) mass is 353 g/mol. The van der Waals surface area contributed by atoms with Crippen LogP contribution in [-0.2, 0) is 17.6 Å². The Morgan fingerprint density at radius 1 is 1.23 bits per heavy atom. The van der Waals surface area contributed by atoms with Crippen LogP contribution in [0, 0.1) is 11.8 Å². The lowest BCUT2D eigenvalue weighted by atomic mass is 9.67. The van der Waals surface area contributed by atoms with Gasteiger partial charge in [0.05, 0.1) is 11.3 Å². The second-order valence-electron chi connectivity index (χ2n) is 9.27. The summed E-state index contributed by atoms with van der Waals surface area (Å²) in [4.78, 5) is 2.49.